The van der Waals surface area contributed by atoms with Crippen LogP contribution in [0.1, 0.15) is 43.6 Å². The summed E-state index contributed by atoms with van der Waals surface area (Å²) in [6.07, 6.45) is 6.55. The number of para-hydroxylation sites is 2. The van der Waals surface area contributed by atoms with E-state index in [1.807, 2.05) is 54.6 Å². The molecule has 3 aromatic carbocycles. The lowest BCUT2D eigenvalue weighted by Crippen LogP contribution is -2.05. The highest BCUT2D eigenvalue weighted by molar-refractivity contribution is 5.42. The molecule has 0 heterocycles. The fraction of sp³-hybridized carbons (Fsp3) is 0.250. The van der Waals surface area contributed by atoms with Gasteiger partial charge in [-0.05, 0) is 66.8 Å². The molecule has 0 saturated heterocycles. The van der Waals surface area contributed by atoms with Crippen LogP contribution in [-0.4, -0.2) is 0 Å². The van der Waals surface area contributed by atoms with Crippen LogP contribution in [0, 0.1) is 0 Å². The molecule has 26 heavy (non-hydrogen) atoms. The van der Waals surface area contributed by atoms with Crippen LogP contribution < -0.4 is 9.47 Å². The Balaban J connectivity index is 1.47. The molecule has 2 heteroatoms. The van der Waals surface area contributed by atoms with Gasteiger partial charge in [0.25, 0.3) is 0 Å². The lowest BCUT2D eigenvalue weighted by molar-refractivity contribution is 0.418. The molecule has 0 unspecified atom stereocenters. The first-order valence-electron chi connectivity index (χ1n) is 9.48. The highest BCUT2D eigenvalue weighted by atomic mass is 16.5. The standard InChI is InChI=1S/C24H24O2/c1-3-9-19(10-4-1)23-13-7-8-14-24(23)26-22-17-15-21(16-18-22)25-20-11-5-2-6-12-20/h2,5-8,11-19H,1,3-4,9-10H2. The molecule has 1 fully saturated rings. The average Bonchev–Trinajstić information content (AvgIpc) is 2.71. The lowest BCUT2D eigenvalue weighted by atomic mass is 9.84. The van der Waals surface area contributed by atoms with E-state index in [0.717, 1.165) is 23.0 Å². The van der Waals surface area contributed by atoms with Crippen LogP contribution in [-0.2, 0) is 0 Å². The average molecular weight is 344 g/mol. The molecule has 1 aliphatic carbocycles. The number of hydrogen-bond acceptors (Lipinski definition) is 2. The largest absolute Gasteiger partial charge is 0.457 e. The van der Waals surface area contributed by atoms with Gasteiger partial charge in [0.2, 0.25) is 0 Å². The van der Waals surface area contributed by atoms with Crippen LogP contribution in [0.5, 0.6) is 23.0 Å². The monoisotopic (exact) mass is 344 g/mol. The summed E-state index contributed by atoms with van der Waals surface area (Å²) in [6, 6.07) is 26.1. The summed E-state index contributed by atoms with van der Waals surface area (Å²) < 4.78 is 12.1. The summed E-state index contributed by atoms with van der Waals surface area (Å²) in [5.74, 6) is 4.10. The summed E-state index contributed by atoms with van der Waals surface area (Å²) in [6.45, 7) is 0. The SMILES string of the molecule is c1ccc(Oc2ccc(Oc3ccccc3C3CCCCC3)cc2)cc1. The van der Waals surface area contributed by atoms with E-state index in [0.29, 0.717) is 5.92 Å². The molecular formula is C24H24O2. The van der Waals surface area contributed by atoms with Gasteiger partial charge in [0.05, 0.1) is 0 Å². The van der Waals surface area contributed by atoms with E-state index in [1.54, 1.807) is 0 Å². The van der Waals surface area contributed by atoms with Crippen molar-refractivity contribution in [3.63, 3.8) is 0 Å². The quantitative estimate of drug-likeness (QED) is 0.483. The molecule has 1 aliphatic rings. The third kappa shape index (κ3) is 4.08. The number of hydrogen-bond donors (Lipinski definition) is 0. The smallest absolute Gasteiger partial charge is 0.130 e. The molecule has 0 N–H and O–H groups in total. The van der Waals surface area contributed by atoms with Crippen LogP contribution in [0.2, 0.25) is 0 Å². The Kier molecular flexibility index (Phi) is 5.20. The van der Waals surface area contributed by atoms with Gasteiger partial charge >= 0.3 is 0 Å². The fourth-order valence-corrected chi connectivity index (χ4v) is 3.65. The Labute approximate surface area is 155 Å². The van der Waals surface area contributed by atoms with Crippen LogP contribution in [0.15, 0.2) is 78.9 Å². The van der Waals surface area contributed by atoms with Crippen LogP contribution in [0.4, 0.5) is 0 Å². The zero-order valence-electron chi connectivity index (χ0n) is 14.9. The molecule has 4 rings (SSSR count). The van der Waals surface area contributed by atoms with E-state index < -0.39 is 0 Å². The number of ether oxygens (including phenoxy) is 2. The minimum atomic E-state index is 0.626. The van der Waals surface area contributed by atoms with E-state index in [-0.39, 0.29) is 0 Å². The molecule has 132 valence electrons. The molecule has 0 bridgehead atoms. The van der Waals surface area contributed by atoms with Gasteiger partial charge in [-0.2, -0.15) is 0 Å². The summed E-state index contributed by atoms with van der Waals surface area (Å²) in [5.41, 5.74) is 1.34. The van der Waals surface area contributed by atoms with Gasteiger partial charge in [0.15, 0.2) is 0 Å². The third-order valence-corrected chi connectivity index (χ3v) is 4.99. The van der Waals surface area contributed by atoms with Crippen molar-refractivity contribution in [2.75, 3.05) is 0 Å². The molecule has 0 radical (unpaired) electrons. The molecule has 0 spiro atoms. The van der Waals surface area contributed by atoms with Crippen molar-refractivity contribution in [1.29, 1.82) is 0 Å². The Morgan fingerprint density at radius 1 is 0.538 bits per heavy atom. The molecule has 0 amide bonds. The van der Waals surface area contributed by atoms with Gasteiger partial charge in [-0.25, -0.2) is 0 Å². The van der Waals surface area contributed by atoms with Crippen LogP contribution in [0.25, 0.3) is 0 Å². The Bertz CT molecular complexity index is 818. The van der Waals surface area contributed by atoms with Gasteiger partial charge in [-0.3, -0.25) is 0 Å². The Morgan fingerprint density at radius 3 is 1.85 bits per heavy atom. The maximum Gasteiger partial charge on any atom is 0.130 e. The summed E-state index contributed by atoms with van der Waals surface area (Å²) >= 11 is 0. The second kappa shape index (κ2) is 8.09. The number of benzene rings is 3. The van der Waals surface area contributed by atoms with Crippen LogP contribution in [0.3, 0.4) is 0 Å². The first-order valence-corrected chi connectivity index (χ1v) is 9.48. The summed E-state index contributed by atoms with van der Waals surface area (Å²) in [7, 11) is 0. The number of rotatable bonds is 5. The predicted octanol–water partition coefficient (Wildman–Crippen LogP) is 7.32. The highest BCUT2D eigenvalue weighted by Gasteiger charge is 2.19. The van der Waals surface area contributed by atoms with E-state index in [4.69, 9.17) is 9.47 Å². The van der Waals surface area contributed by atoms with E-state index in [2.05, 4.69) is 24.3 Å². The summed E-state index contributed by atoms with van der Waals surface area (Å²) in [5, 5.41) is 0. The van der Waals surface area contributed by atoms with Gasteiger partial charge in [-0.1, -0.05) is 55.7 Å². The van der Waals surface area contributed by atoms with Crippen molar-refractivity contribution in [3.05, 3.63) is 84.4 Å². The van der Waals surface area contributed by atoms with Gasteiger partial charge in [-0.15, -0.1) is 0 Å². The predicted molar refractivity (Wildman–Crippen MR) is 105 cm³/mol. The fourth-order valence-electron chi connectivity index (χ4n) is 3.65. The van der Waals surface area contributed by atoms with Crippen molar-refractivity contribution < 1.29 is 9.47 Å². The second-order valence-electron chi connectivity index (χ2n) is 6.86. The molecule has 1 saturated carbocycles. The van der Waals surface area contributed by atoms with Crippen molar-refractivity contribution in [1.82, 2.24) is 0 Å². The maximum atomic E-state index is 6.21. The first kappa shape index (κ1) is 16.7. The minimum absolute atomic E-state index is 0.626. The van der Waals surface area contributed by atoms with E-state index in [9.17, 15) is 0 Å². The molecule has 0 aromatic heterocycles. The Morgan fingerprint density at radius 2 is 1.12 bits per heavy atom. The van der Waals surface area contributed by atoms with Crippen LogP contribution >= 0.6 is 0 Å². The second-order valence-corrected chi connectivity index (χ2v) is 6.86. The van der Waals surface area contributed by atoms with Gasteiger partial charge < -0.3 is 9.47 Å². The maximum absolute atomic E-state index is 6.21. The topological polar surface area (TPSA) is 18.5 Å². The molecule has 3 aromatic rings. The lowest BCUT2D eigenvalue weighted by Gasteiger charge is -2.24. The Hall–Kier alpha value is -2.74. The minimum Gasteiger partial charge on any atom is -0.457 e. The van der Waals surface area contributed by atoms with E-state index >= 15 is 0 Å². The van der Waals surface area contributed by atoms with Crippen molar-refractivity contribution in [2.45, 2.75) is 38.0 Å². The molecule has 2 nitrogen and oxygen atoms in total. The first-order chi connectivity index (χ1) is 12.9. The normalized spacial score (nSPS) is 14.8. The third-order valence-electron chi connectivity index (χ3n) is 4.99. The van der Waals surface area contributed by atoms with Crippen molar-refractivity contribution in [2.24, 2.45) is 0 Å². The van der Waals surface area contributed by atoms with Gasteiger partial charge in [0.1, 0.15) is 23.0 Å². The van der Waals surface area contributed by atoms with Crippen molar-refractivity contribution in [3.8, 4) is 23.0 Å². The zero-order chi connectivity index (χ0) is 17.6. The zero-order valence-corrected chi connectivity index (χ0v) is 14.9. The summed E-state index contributed by atoms with van der Waals surface area (Å²) in [4.78, 5) is 0. The van der Waals surface area contributed by atoms with E-state index in [1.165, 1.54) is 37.7 Å². The molecule has 0 aliphatic heterocycles. The highest BCUT2D eigenvalue weighted by Crippen LogP contribution is 2.39. The molecule has 0 atom stereocenters. The van der Waals surface area contributed by atoms with Crippen molar-refractivity contribution >= 4 is 0 Å². The molecular weight excluding hydrogens is 320 g/mol. The van der Waals surface area contributed by atoms with Gasteiger partial charge in [0, 0.05) is 0 Å².